The van der Waals surface area contributed by atoms with Crippen molar-refractivity contribution in [2.75, 3.05) is 18.4 Å². The van der Waals surface area contributed by atoms with Gasteiger partial charge in [-0.25, -0.2) is 13.4 Å². The van der Waals surface area contributed by atoms with E-state index in [0.717, 1.165) is 30.2 Å². The number of hydrogen-bond acceptors (Lipinski definition) is 5. The molecule has 1 fully saturated rings. The van der Waals surface area contributed by atoms with E-state index in [9.17, 15) is 13.2 Å². The summed E-state index contributed by atoms with van der Waals surface area (Å²) in [6.07, 6.45) is 6.20. The van der Waals surface area contributed by atoms with Crippen LogP contribution >= 0.6 is 0 Å². The lowest BCUT2D eigenvalue weighted by atomic mass is 10.0. The third-order valence-corrected chi connectivity index (χ3v) is 7.91. The Kier molecular flexibility index (Phi) is 6.08. The Morgan fingerprint density at radius 2 is 1.59 bits per heavy atom. The van der Waals surface area contributed by atoms with Gasteiger partial charge in [0.1, 0.15) is 0 Å². The number of piperidine rings is 1. The van der Waals surface area contributed by atoms with Gasteiger partial charge in [-0.2, -0.15) is 4.31 Å². The maximum atomic E-state index is 13.3. The second kappa shape index (κ2) is 9.32. The summed E-state index contributed by atoms with van der Waals surface area (Å²) in [6, 6.07) is 19.3. The molecule has 0 saturated carbocycles. The molecule has 0 bridgehead atoms. The lowest BCUT2D eigenvalue weighted by Gasteiger charge is -2.25. The van der Waals surface area contributed by atoms with Crippen LogP contribution in [0, 0.1) is 0 Å². The van der Waals surface area contributed by atoms with Gasteiger partial charge in [0.15, 0.2) is 0 Å². The number of fused-ring (bicyclic) bond motifs is 1. The third-order valence-electron chi connectivity index (χ3n) is 6.00. The highest BCUT2D eigenvalue weighted by Gasteiger charge is 2.25. The lowest BCUT2D eigenvalue weighted by molar-refractivity contribution is 0.102. The molecule has 34 heavy (non-hydrogen) atoms. The predicted molar refractivity (Wildman–Crippen MR) is 132 cm³/mol. The summed E-state index contributed by atoms with van der Waals surface area (Å²) in [5.74, 6) is -0.291. The highest BCUT2D eigenvalue weighted by molar-refractivity contribution is 7.89. The molecule has 2 aromatic heterocycles. The molecule has 1 N–H and O–H groups in total. The lowest BCUT2D eigenvalue weighted by Crippen LogP contribution is -2.35. The Labute approximate surface area is 198 Å². The zero-order chi connectivity index (χ0) is 23.5. The normalized spacial score (nSPS) is 14.7. The van der Waals surface area contributed by atoms with E-state index in [1.165, 1.54) is 4.31 Å². The number of anilines is 1. The summed E-state index contributed by atoms with van der Waals surface area (Å²) >= 11 is 0. The van der Waals surface area contributed by atoms with E-state index < -0.39 is 10.0 Å². The van der Waals surface area contributed by atoms with Crippen LogP contribution in [0.25, 0.3) is 22.2 Å². The molecule has 3 heterocycles. The van der Waals surface area contributed by atoms with Gasteiger partial charge in [0.2, 0.25) is 10.0 Å². The molecule has 5 rings (SSSR count). The van der Waals surface area contributed by atoms with Crippen LogP contribution in [0.3, 0.4) is 0 Å². The van der Waals surface area contributed by atoms with Crippen LogP contribution in [0.15, 0.2) is 84.0 Å². The molecule has 0 radical (unpaired) electrons. The Morgan fingerprint density at radius 1 is 0.882 bits per heavy atom. The van der Waals surface area contributed by atoms with Crippen molar-refractivity contribution in [2.45, 2.75) is 24.2 Å². The standard InChI is InChI=1S/C26H24N4O3S/c31-26(28-20-8-10-21(11-9-20)34(32,33)30-16-4-1-5-17-30)23-18-25(19-12-14-27-15-13-19)29-24-7-3-2-6-22(23)24/h2-3,6-15,18H,1,4-5,16-17H2,(H,28,31). The molecular formula is C26H24N4O3S. The molecule has 1 amide bonds. The number of benzene rings is 2. The van der Waals surface area contributed by atoms with Gasteiger partial charge in [-0.3, -0.25) is 9.78 Å². The number of nitrogens with one attached hydrogen (secondary N) is 1. The highest BCUT2D eigenvalue weighted by atomic mass is 32.2. The van der Waals surface area contributed by atoms with E-state index in [-0.39, 0.29) is 10.8 Å². The fraction of sp³-hybridized carbons (Fsp3) is 0.192. The van der Waals surface area contributed by atoms with Crippen LogP contribution < -0.4 is 5.32 Å². The molecule has 0 unspecified atom stereocenters. The van der Waals surface area contributed by atoms with Gasteiger partial charge in [0.25, 0.3) is 5.91 Å². The van der Waals surface area contributed by atoms with Crippen LogP contribution in [0.4, 0.5) is 5.69 Å². The largest absolute Gasteiger partial charge is 0.322 e. The first-order chi connectivity index (χ1) is 16.5. The first-order valence-corrected chi connectivity index (χ1v) is 12.7. The molecule has 1 aliphatic heterocycles. The molecule has 0 atom stereocenters. The van der Waals surface area contributed by atoms with Crippen LogP contribution in [-0.4, -0.2) is 41.7 Å². The predicted octanol–water partition coefficient (Wildman–Crippen LogP) is 4.72. The van der Waals surface area contributed by atoms with Crippen molar-refractivity contribution in [3.05, 3.63) is 84.7 Å². The Bertz CT molecular complexity index is 1430. The third kappa shape index (κ3) is 4.42. The molecule has 0 aliphatic carbocycles. The number of nitrogens with zero attached hydrogens (tertiary/aromatic N) is 3. The minimum atomic E-state index is -3.52. The number of aromatic nitrogens is 2. The smallest absolute Gasteiger partial charge is 0.256 e. The average Bonchev–Trinajstić information content (AvgIpc) is 2.89. The van der Waals surface area contributed by atoms with Crippen molar-refractivity contribution in [3.63, 3.8) is 0 Å². The monoisotopic (exact) mass is 472 g/mol. The first-order valence-electron chi connectivity index (χ1n) is 11.2. The van der Waals surface area contributed by atoms with Gasteiger partial charge in [-0.05, 0) is 61.4 Å². The Balaban J connectivity index is 1.43. The summed E-state index contributed by atoms with van der Waals surface area (Å²) in [5.41, 5.74) is 3.26. The summed E-state index contributed by atoms with van der Waals surface area (Å²) < 4.78 is 27.3. The number of carbonyl (C=O) groups is 1. The fourth-order valence-corrected chi connectivity index (χ4v) is 5.71. The van der Waals surface area contributed by atoms with Gasteiger partial charge in [-0.1, -0.05) is 24.6 Å². The van der Waals surface area contributed by atoms with Crippen molar-refractivity contribution in [3.8, 4) is 11.3 Å². The van der Waals surface area contributed by atoms with Gasteiger partial charge >= 0.3 is 0 Å². The van der Waals surface area contributed by atoms with E-state index in [1.54, 1.807) is 42.7 Å². The number of rotatable bonds is 5. The molecule has 1 saturated heterocycles. The SMILES string of the molecule is O=C(Nc1ccc(S(=O)(=O)N2CCCCC2)cc1)c1cc(-c2ccncc2)nc2ccccc12. The van der Waals surface area contributed by atoms with E-state index >= 15 is 0 Å². The molecule has 8 heteroatoms. The van der Waals surface area contributed by atoms with Crippen LogP contribution in [0.1, 0.15) is 29.6 Å². The van der Waals surface area contributed by atoms with Crippen LogP contribution in [0.2, 0.25) is 0 Å². The number of sulfonamides is 1. The first kappa shape index (κ1) is 22.2. The molecule has 0 spiro atoms. The van der Waals surface area contributed by atoms with Gasteiger partial charge in [-0.15, -0.1) is 0 Å². The number of para-hydroxylation sites is 1. The van der Waals surface area contributed by atoms with Gasteiger partial charge in [0, 0.05) is 42.1 Å². The maximum absolute atomic E-state index is 13.3. The quantitative estimate of drug-likeness (QED) is 0.454. The molecule has 7 nitrogen and oxygen atoms in total. The minimum absolute atomic E-state index is 0.238. The highest BCUT2D eigenvalue weighted by Crippen LogP contribution is 2.26. The molecule has 172 valence electrons. The Hall–Kier alpha value is -3.62. The van der Waals surface area contributed by atoms with E-state index in [1.807, 2.05) is 36.4 Å². The van der Waals surface area contributed by atoms with Crippen molar-refractivity contribution in [2.24, 2.45) is 0 Å². The topological polar surface area (TPSA) is 92.3 Å². The average molecular weight is 473 g/mol. The van der Waals surface area contributed by atoms with Crippen LogP contribution in [-0.2, 0) is 10.0 Å². The second-order valence-electron chi connectivity index (χ2n) is 8.25. The molecule has 1 aliphatic rings. The summed E-state index contributed by atoms with van der Waals surface area (Å²) in [7, 11) is -3.52. The van der Waals surface area contributed by atoms with E-state index in [2.05, 4.69) is 10.3 Å². The molecule has 4 aromatic rings. The van der Waals surface area contributed by atoms with Crippen molar-refractivity contribution in [1.82, 2.24) is 14.3 Å². The maximum Gasteiger partial charge on any atom is 0.256 e. The Morgan fingerprint density at radius 3 is 2.32 bits per heavy atom. The molecular weight excluding hydrogens is 448 g/mol. The van der Waals surface area contributed by atoms with Crippen molar-refractivity contribution < 1.29 is 13.2 Å². The zero-order valence-electron chi connectivity index (χ0n) is 18.5. The summed E-state index contributed by atoms with van der Waals surface area (Å²) in [4.78, 5) is 22.2. The van der Waals surface area contributed by atoms with E-state index in [0.29, 0.717) is 35.6 Å². The van der Waals surface area contributed by atoms with Crippen molar-refractivity contribution in [1.29, 1.82) is 0 Å². The summed E-state index contributed by atoms with van der Waals surface area (Å²) in [6.45, 7) is 1.10. The zero-order valence-corrected chi connectivity index (χ0v) is 19.3. The molecule has 2 aromatic carbocycles. The number of amides is 1. The number of carbonyl (C=O) groups excluding carboxylic acids is 1. The minimum Gasteiger partial charge on any atom is -0.322 e. The van der Waals surface area contributed by atoms with Crippen LogP contribution in [0.5, 0.6) is 0 Å². The van der Waals surface area contributed by atoms with Gasteiger partial charge < -0.3 is 5.32 Å². The second-order valence-corrected chi connectivity index (χ2v) is 10.2. The van der Waals surface area contributed by atoms with Crippen molar-refractivity contribution >= 4 is 32.5 Å². The van der Waals surface area contributed by atoms with E-state index in [4.69, 9.17) is 4.98 Å². The van der Waals surface area contributed by atoms with Gasteiger partial charge in [0.05, 0.1) is 21.7 Å². The number of pyridine rings is 2. The summed E-state index contributed by atoms with van der Waals surface area (Å²) in [5, 5.41) is 3.64. The number of hydrogen-bond donors (Lipinski definition) is 1. The fourth-order valence-electron chi connectivity index (χ4n) is 4.20.